The molecule has 1 aliphatic carbocycles. The highest BCUT2D eigenvalue weighted by Gasteiger charge is 2.31. The van der Waals surface area contributed by atoms with Gasteiger partial charge in [-0.15, -0.1) is 11.3 Å². The molecule has 114 valence electrons. The molecule has 1 amide bonds. The van der Waals surface area contributed by atoms with E-state index in [1.807, 2.05) is 6.07 Å². The summed E-state index contributed by atoms with van der Waals surface area (Å²) in [6, 6.07) is 2.00. The fraction of sp³-hybridized carbons (Fsp3) is 0.600. The molecular formula is C15H19NO4S. The molecule has 0 aromatic carbocycles. The molecule has 0 spiro atoms. The second kappa shape index (κ2) is 5.77. The van der Waals surface area contributed by atoms with Crippen molar-refractivity contribution in [3.63, 3.8) is 0 Å². The van der Waals surface area contributed by atoms with Gasteiger partial charge in [-0.1, -0.05) is 6.92 Å². The van der Waals surface area contributed by atoms with Gasteiger partial charge in [0.2, 0.25) is 0 Å². The first-order chi connectivity index (χ1) is 10.0. The van der Waals surface area contributed by atoms with Crippen LogP contribution < -0.4 is 0 Å². The van der Waals surface area contributed by atoms with E-state index in [2.05, 4.69) is 6.92 Å². The van der Waals surface area contributed by atoms with Crippen molar-refractivity contribution in [2.45, 2.75) is 32.3 Å². The normalized spacial score (nSPS) is 25.5. The van der Waals surface area contributed by atoms with Crippen LogP contribution >= 0.6 is 11.3 Å². The molecule has 1 N–H and O–H groups in total. The van der Waals surface area contributed by atoms with Crippen molar-refractivity contribution in [3.05, 3.63) is 21.4 Å². The number of ether oxygens (including phenoxy) is 1. The lowest BCUT2D eigenvalue weighted by atomic mass is 9.90. The van der Waals surface area contributed by atoms with Crippen LogP contribution in [0.4, 0.5) is 0 Å². The standard InChI is InChI=1S/C15H19NO4S/c1-9-2-3-12-10(6-9)7-13(21-12)14(17)16-4-5-20-11(8-16)15(18)19/h7,9,11H,2-6,8H2,1H3,(H,18,19)/t9-,11-/m0/s1. The Labute approximate surface area is 127 Å². The molecule has 2 atom stereocenters. The van der Waals surface area contributed by atoms with E-state index >= 15 is 0 Å². The molecule has 1 aromatic heterocycles. The van der Waals surface area contributed by atoms with E-state index in [1.165, 1.54) is 16.9 Å². The predicted octanol–water partition coefficient (Wildman–Crippen LogP) is 1.80. The number of carboxylic acid groups (broad SMARTS) is 1. The fourth-order valence-corrected chi connectivity index (χ4v) is 4.13. The second-order valence-corrected chi connectivity index (χ2v) is 6.99. The average Bonchev–Trinajstić information content (AvgIpc) is 2.89. The van der Waals surface area contributed by atoms with Crippen molar-refractivity contribution in [1.29, 1.82) is 0 Å². The van der Waals surface area contributed by atoms with Crippen LogP contribution in [-0.2, 0) is 22.4 Å². The van der Waals surface area contributed by atoms with Crippen molar-refractivity contribution in [3.8, 4) is 0 Å². The number of rotatable bonds is 2. The van der Waals surface area contributed by atoms with Crippen LogP contribution in [0.3, 0.4) is 0 Å². The molecule has 0 unspecified atom stereocenters. The number of morpholine rings is 1. The lowest BCUT2D eigenvalue weighted by Crippen LogP contribution is -2.48. The van der Waals surface area contributed by atoms with Gasteiger partial charge in [-0.2, -0.15) is 0 Å². The average molecular weight is 309 g/mol. The number of carbonyl (C=O) groups is 2. The van der Waals surface area contributed by atoms with E-state index in [1.54, 1.807) is 16.2 Å². The summed E-state index contributed by atoms with van der Waals surface area (Å²) in [5, 5.41) is 9.01. The molecule has 0 saturated carbocycles. The third-order valence-electron chi connectivity index (χ3n) is 4.17. The number of carboxylic acids is 1. The number of hydrogen-bond acceptors (Lipinski definition) is 4. The summed E-state index contributed by atoms with van der Waals surface area (Å²) in [5.74, 6) is -0.391. The van der Waals surface area contributed by atoms with Gasteiger partial charge in [0.25, 0.3) is 5.91 Å². The molecule has 3 rings (SSSR count). The number of nitrogens with zero attached hydrogens (tertiary/aromatic N) is 1. The molecule has 1 aliphatic heterocycles. The Balaban J connectivity index is 1.74. The molecule has 6 heteroatoms. The first-order valence-electron chi connectivity index (χ1n) is 7.30. The summed E-state index contributed by atoms with van der Waals surface area (Å²) >= 11 is 1.57. The highest BCUT2D eigenvalue weighted by molar-refractivity contribution is 7.14. The Morgan fingerprint density at radius 1 is 1.48 bits per heavy atom. The van der Waals surface area contributed by atoms with E-state index in [9.17, 15) is 9.59 Å². The SMILES string of the molecule is C[C@H]1CCc2sc(C(=O)N3CCO[C@H](C(=O)O)C3)cc2C1. The van der Waals surface area contributed by atoms with Gasteiger partial charge in [-0.05, 0) is 36.8 Å². The Bertz CT molecular complexity index is 568. The van der Waals surface area contributed by atoms with Crippen LogP contribution in [-0.4, -0.2) is 47.7 Å². The van der Waals surface area contributed by atoms with E-state index in [0.717, 1.165) is 17.7 Å². The van der Waals surface area contributed by atoms with E-state index in [4.69, 9.17) is 9.84 Å². The van der Waals surface area contributed by atoms with Gasteiger partial charge in [0.1, 0.15) is 0 Å². The molecule has 1 aromatic rings. The first kappa shape index (κ1) is 14.5. The minimum Gasteiger partial charge on any atom is -0.479 e. The zero-order valence-electron chi connectivity index (χ0n) is 12.0. The quantitative estimate of drug-likeness (QED) is 0.904. The minimum absolute atomic E-state index is 0.0587. The summed E-state index contributed by atoms with van der Waals surface area (Å²) in [7, 11) is 0. The Kier molecular flexibility index (Phi) is 3.99. The highest BCUT2D eigenvalue weighted by atomic mass is 32.1. The minimum atomic E-state index is -1.01. The van der Waals surface area contributed by atoms with Gasteiger partial charge < -0.3 is 14.7 Å². The molecule has 1 fully saturated rings. The topological polar surface area (TPSA) is 66.8 Å². The van der Waals surface area contributed by atoms with Gasteiger partial charge in [-0.3, -0.25) is 4.79 Å². The first-order valence-corrected chi connectivity index (χ1v) is 8.11. The summed E-state index contributed by atoms with van der Waals surface area (Å²) in [6.07, 6.45) is 2.37. The third-order valence-corrected chi connectivity index (χ3v) is 5.39. The van der Waals surface area contributed by atoms with Crippen LogP contribution in [0.1, 0.15) is 33.5 Å². The number of carbonyl (C=O) groups excluding carboxylic acids is 1. The molecule has 5 nitrogen and oxygen atoms in total. The third kappa shape index (κ3) is 2.96. The summed E-state index contributed by atoms with van der Waals surface area (Å²) in [5.41, 5.74) is 1.30. The number of hydrogen-bond donors (Lipinski definition) is 1. The number of amides is 1. The number of fused-ring (bicyclic) bond motifs is 1. The lowest BCUT2D eigenvalue weighted by Gasteiger charge is -2.30. The monoisotopic (exact) mass is 309 g/mol. The Hall–Kier alpha value is -1.40. The Morgan fingerprint density at radius 2 is 2.29 bits per heavy atom. The van der Waals surface area contributed by atoms with Crippen LogP contribution in [0.25, 0.3) is 0 Å². The fourth-order valence-electron chi connectivity index (χ4n) is 2.95. The maximum atomic E-state index is 12.6. The summed E-state index contributed by atoms with van der Waals surface area (Å²) in [6.45, 7) is 3.11. The predicted molar refractivity (Wildman–Crippen MR) is 78.8 cm³/mol. The number of aryl methyl sites for hydroxylation is 1. The van der Waals surface area contributed by atoms with Crippen molar-refractivity contribution >= 4 is 23.2 Å². The molecule has 21 heavy (non-hydrogen) atoms. The second-order valence-electron chi connectivity index (χ2n) is 5.86. The molecule has 2 aliphatic rings. The van der Waals surface area contributed by atoms with Crippen LogP contribution in [0.2, 0.25) is 0 Å². The summed E-state index contributed by atoms with van der Waals surface area (Å²) < 4.78 is 5.16. The van der Waals surface area contributed by atoms with Gasteiger partial charge in [0, 0.05) is 11.4 Å². The van der Waals surface area contributed by atoms with Gasteiger partial charge in [-0.25, -0.2) is 4.79 Å². The molecule has 2 heterocycles. The maximum Gasteiger partial charge on any atom is 0.334 e. The van der Waals surface area contributed by atoms with Crippen molar-refractivity contribution in [1.82, 2.24) is 4.90 Å². The Morgan fingerprint density at radius 3 is 3.05 bits per heavy atom. The highest BCUT2D eigenvalue weighted by Crippen LogP contribution is 2.32. The maximum absolute atomic E-state index is 12.6. The van der Waals surface area contributed by atoms with Gasteiger partial charge in [0.15, 0.2) is 6.10 Å². The van der Waals surface area contributed by atoms with E-state index < -0.39 is 12.1 Å². The zero-order chi connectivity index (χ0) is 15.0. The molecule has 1 saturated heterocycles. The van der Waals surface area contributed by atoms with Crippen LogP contribution in [0, 0.1) is 5.92 Å². The van der Waals surface area contributed by atoms with E-state index in [0.29, 0.717) is 12.5 Å². The summed E-state index contributed by atoms with van der Waals surface area (Å²) in [4.78, 5) is 27.2. The van der Waals surface area contributed by atoms with Crippen LogP contribution in [0.5, 0.6) is 0 Å². The molecule has 0 bridgehead atoms. The van der Waals surface area contributed by atoms with Crippen LogP contribution in [0.15, 0.2) is 6.07 Å². The molecular weight excluding hydrogens is 290 g/mol. The smallest absolute Gasteiger partial charge is 0.334 e. The van der Waals surface area contributed by atoms with Crippen molar-refractivity contribution in [2.75, 3.05) is 19.7 Å². The number of aliphatic carboxylic acids is 1. The van der Waals surface area contributed by atoms with Crippen molar-refractivity contribution in [2.24, 2.45) is 5.92 Å². The van der Waals surface area contributed by atoms with Gasteiger partial charge >= 0.3 is 5.97 Å². The van der Waals surface area contributed by atoms with Crippen molar-refractivity contribution < 1.29 is 19.4 Å². The largest absolute Gasteiger partial charge is 0.479 e. The lowest BCUT2D eigenvalue weighted by molar-refractivity contribution is -0.154. The van der Waals surface area contributed by atoms with Gasteiger partial charge in [0.05, 0.1) is 18.0 Å². The number of thiophene rings is 1. The molecule has 0 radical (unpaired) electrons. The zero-order valence-corrected chi connectivity index (χ0v) is 12.8. The van der Waals surface area contributed by atoms with E-state index in [-0.39, 0.29) is 19.1 Å².